The van der Waals surface area contributed by atoms with E-state index in [2.05, 4.69) is 10.2 Å². The van der Waals surface area contributed by atoms with Crippen molar-refractivity contribution in [3.8, 4) is 11.3 Å². The Bertz CT molecular complexity index is 1030. The third kappa shape index (κ3) is 3.97. The third-order valence-electron chi connectivity index (χ3n) is 6.59. The van der Waals surface area contributed by atoms with Gasteiger partial charge in [0.1, 0.15) is 11.5 Å². The maximum Gasteiger partial charge on any atom is 0.258 e. The molecule has 3 fully saturated rings. The number of hydrogen-bond acceptors (Lipinski definition) is 6. The minimum Gasteiger partial charge on any atom is -0.460 e. The zero-order valence-corrected chi connectivity index (χ0v) is 19.3. The summed E-state index contributed by atoms with van der Waals surface area (Å²) in [6, 6.07) is 11.0. The Hall–Kier alpha value is -1.67. The molecule has 3 heterocycles. The minimum absolute atomic E-state index is 0.114. The van der Waals surface area contributed by atoms with Crippen molar-refractivity contribution in [2.45, 2.75) is 24.8 Å². The van der Waals surface area contributed by atoms with Gasteiger partial charge in [-0.1, -0.05) is 36.0 Å². The van der Waals surface area contributed by atoms with Crippen LogP contribution in [0.3, 0.4) is 0 Å². The lowest BCUT2D eigenvalue weighted by molar-refractivity contribution is -0.132. The highest BCUT2D eigenvalue weighted by molar-refractivity contribution is 7.99. The van der Waals surface area contributed by atoms with Gasteiger partial charge in [-0.2, -0.15) is 0 Å². The third-order valence-corrected chi connectivity index (χ3v) is 8.35. The molecule has 5 rings (SSSR count). The Morgan fingerprint density at radius 3 is 2.77 bits per heavy atom. The van der Waals surface area contributed by atoms with E-state index in [9.17, 15) is 9.59 Å². The highest BCUT2D eigenvalue weighted by atomic mass is 35.5. The van der Waals surface area contributed by atoms with Crippen molar-refractivity contribution < 1.29 is 14.0 Å². The number of fused-ring (bicyclic) bond motifs is 2. The molecule has 3 aliphatic rings. The van der Waals surface area contributed by atoms with Gasteiger partial charge in [0.25, 0.3) is 5.91 Å². The van der Waals surface area contributed by atoms with Gasteiger partial charge in [0.05, 0.1) is 21.8 Å². The van der Waals surface area contributed by atoms with Crippen molar-refractivity contribution in [2.75, 3.05) is 24.7 Å². The number of rotatable bonds is 3. The molecule has 2 bridgehead atoms. The summed E-state index contributed by atoms with van der Waals surface area (Å²) in [5.74, 6) is 2.39. The standard InChI is InChI=1S/C23H23ClN2O3S2/c24-16-4-2-1-3-14(16)18-5-6-19(29-18)20-15-9-13(11-25-23(28)22(20)30)10-17(21(15)27)26-7-8-31-12-26/h1-6,13,15,17,20H,7-12H2,(H,25,28). The van der Waals surface area contributed by atoms with Crippen LogP contribution in [0, 0.1) is 11.8 Å². The summed E-state index contributed by atoms with van der Waals surface area (Å²) in [6.45, 7) is 1.50. The van der Waals surface area contributed by atoms with E-state index in [1.807, 2.05) is 42.1 Å². The molecular weight excluding hydrogens is 452 g/mol. The minimum atomic E-state index is -0.542. The number of benzene rings is 1. The summed E-state index contributed by atoms with van der Waals surface area (Å²) in [7, 11) is 0. The van der Waals surface area contributed by atoms with Crippen LogP contribution in [-0.4, -0.2) is 52.2 Å². The highest BCUT2D eigenvalue weighted by Gasteiger charge is 2.48. The molecule has 5 nitrogen and oxygen atoms in total. The number of carbonyl (C=O) groups is 2. The molecule has 2 aliphatic heterocycles. The van der Waals surface area contributed by atoms with Crippen molar-refractivity contribution in [1.82, 2.24) is 10.2 Å². The van der Waals surface area contributed by atoms with Gasteiger partial charge in [-0.15, -0.1) is 11.8 Å². The Kier molecular flexibility index (Phi) is 5.94. The number of hydrogen-bond donors (Lipinski definition) is 1. The number of carbonyl (C=O) groups excluding carboxylic acids is 2. The van der Waals surface area contributed by atoms with Gasteiger partial charge < -0.3 is 9.73 Å². The first kappa shape index (κ1) is 21.2. The number of amides is 1. The van der Waals surface area contributed by atoms with Crippen LogP contribution in [0.1, 0.15) is 24.5 Å². The first-order valence-corrected chi connectivity index (χ1v) is 12.5. The topological polar surface area (TPSA) is 62.6 Å². The van der Waals surface area contributed by atoms with Crippen molar-refractivity contribution in [3.05, 3.63) is 47.2 Å². The van der Waals surface area contributed by atoms with Crippen LogP contribution in [0.2, 0.25) is 5.02 Å². The molecule has 4 atom stereocenters. The number of thioether (sulfide) groups is 1. The molecule has 2 aromatic rings. The first-order valence-electron chi connectivity index (χ1n) is 10.5. The van der Waals surface area contributed by atoms with Crippen molar-refractivity contribution >= 4 is 52.1 Å². The fraction of sp³-hybridized carbons (Fsp3) is 0.435. The summed E-state index contributed by atoms with van der Waals surface area (Å²) < 4.78 is 6.18. The van der Waals surface area contributed by atoms with Gasteiger partial charge in [0.15, 0.2) is 5.78 Å². The number of ketones is 1. The number of halogens is 1. The lowest BCUT2D eigenvalue weighted by Gasteiger charge is -2.41. The zero-order valence-electron chi connectivity index (χ0n) is 16.9. The predicted molar refractivity (Wildman–Crippen MR) is 127 cm³/mol. The van der Waals surface area contributed by atoms with Crippen LogP contribution in [0.15, 0.2) is 40.8 Å². The van der Waals surface area contributed by atoms with Gasteiger partial charge in [-0.25, -0.2) is 0 Å². The smallest absolute Gasteiger partial charge is 0.258 e. The zero-order chi connectivity index (χ0) is 21.5. The average Bonchev–Trinajstić information content (AvgIpc) is 3.46. The number of furan rings is 1. The van der Waals surface area contributed by atoms with Crippen LogP contribution < -0.4 is 5.32 Å². The number of nitrogens with zero attached hydrogens (tertiary/aromatic N) is 1. The van der Waals surface area contributed by atoms with E-state index in [1.54, 1.807) is 6.07 Å². The molecule has 1 amide bonds. The van der Waals surface area contributed by atoms with Gasteiger partial charge in [0.2, 0.25) is 0 Å². The van der Waals surface area contributed by atoms with Gasteiger partial charge in [-0.05, 0) is 43.0 Å². The van der Waals surface area contributed by atoms with Crippen molar-refractivity contribution in [1.29, 1.82) is 0 Å². The normalized spacial score (nSPS) is 29.5. The summed E-state index contributed by atoms with van der Waals surface area (Å²) in [5, 5.41) is 3.57. The van der Waals surface area contributed by atoms with Crippen molar-refractivity contribution in [2.24, 2.45) is 11.8 Å². The van der Waals surface area contributed by atoms with E-state index in [4.69, 9.17) is 28.2 Å². The van der Waals surface area contributed by atoms with E-state index in [0.29, 0.717) is 29.5 Å². The van der Waals surface area contributed by atoms with Gasteiger partial charge >= 0.3 is 0 Å². The molecule has 1 aliphatic carbocycles. The maximum atomic E-state index is 13.6. The summed E-state index contributed by atoms with van der Waals surface area (Å²) in [4.78, 5) is 28.9. The lowest BCUT2D eigenvalue weighted by atomic mass is 9.69. The quantitative estimate of drug-likeness (QED) is 0.674. The number of Topliss-reactive ketones (excluding diaryl/α,β-unsaturated/α-hetero) is 1. The molecule has 4 unspecified atom stereocenters. The molecule has 1 saturated carbocycles. The molecule has 162 valence electrons. The second kappa shape index (κ2) is 8.70. The van der Waals surface area contributed by atoms with Crippen LogP contribution >= 0.6 is 35.6 Å². The summed E-state index contributed by atoms with van der Waals surface area (Å²) in [6.07, 6.45) is 1.50. The van der Waals surface area contributed by atoms with Crippen LogP contribution in [0.5, 0.6) is 0 Å². The monoisotopic (exact) mass is 474 g/mol. The van der Waals surface area contributed by atoms with Gasteiger partial charge in [-0.3, -0.25) is 14.5 Å². The molecule has 31 heavy (non-hydrogen) atoms. The Labute approximate surface area is 195 Å². The second-order valence-corrected chi connectivity index (χ2v) is 10.4. The van der Waals surface area contributed by atoms with Crippen LogP contribution in [0.4, 0.5) is 0 Å². The van der Waals surface area contributed by atoms with E-state index in [1.165, 1.54) is 0 Å². The molecule has 1 aromatic heterocycles. The molecule has 2 saturated heterocycles. The van der Waals surface area contributed by atoms with Gasteiger partial charge in [0, 0.05) is 36.2 Å². The van der Waals surface area contributed by atoms with E-state index in [-0.39, 0.29) is 34.4 Å². The number of thiocarbonyl (C=S) groups is 1. The SMILES string of the molecule is O=C1NCC2CC(C(=O)C(N3CCSC3)C2)C(c2ccc(-c3ccccc3Cl)o2)C1=S. The molecular formula is C23H23ClN2O3S2. The highest BCUT2D eigenvalue weighted by Crippen LogP contribution is 2.42. The Balaban J connectivity index is 1.52. The average molecular weight is 475 g/mol. The summed E-state index contributed by atoms with van der Waals surface area (Å²) in [5.41, 5.74) is 0.774. The first-order chi connectivity index (χ1) is 15.0. The predicted octanol–water partition coefficient (Wildman–Crippen LogP) is 4.15. The Morgan fingerprint density at radius 2 is 2.00 bits per heavy atom. The Morgan fingerprint density at radius 1 is 1.16 bits per heavy atom. The van der Waals surface area contributed by atoms with E-state index < -0.39 is 5.92 Å². The molecule has 8 heteroatoms. The largest absolute Gasteiger partial charge is 0.460 e. The molecule has 1 N–H and O–H groups in total. The fourth-order valence-corrected chi connectivity index (χ4v) is 6.64. The summed E-state index contributed by atoms with van der Waals surface area (Å²) >= 11 is 13.8. The second-order valence-electron chi connectivity index (χ2n) is 8.45. The number of nitrogens with one attached hydrogen (secondary N) is 1. The van der Waals surface area contributed by atoms with E-state index >= 15 is 0 Å². The lowest BCUT2D eigenvalue weighted by Crippen LogP contribution is -2.54. The maximum absolute atomic E-state index is 13.6. The molecule has 1 aromatic carbocycles. The van der Waals surface area contributed by atoms with Crippen LogP contribution in [-0.2, 0) is 9.59 Å². The van der Waals surface area contributed by atoms with Crippen molar-refractivity contribution in [3.63, 3.8) is 0 Å². The van der Waals surface area contributed by atoms with Crippen LogP contribution in [0.25, 0.3) is 11.3 Å². The van der Waals surface area contributed by atoms with E-state index in [0.717, 1.165) is 30.2 Å². The molecule has 0 spiro atoms. The fourth-order valence-electron chi connectivity index (χ4n) is 5.02. The molecule has 0 radical (unpaired) electrons.